The van der Waals surface area contributed by atoms with E-state index in [4.69, 9.17) is 9.72 Å². The molecule has 0 atom stereocenters. The van der Waals surface area contributed by atoms with Crippen LogP contribution in [0, 0.1) is 0 Å². The van der Waals surface area contributed by atoms with Gasteiger partial charge in [0.05, 0.1) is 18.1 Å². The minimum absolute atomic E-state index is 0.0264. The number of likely N-dealkylation sites (tertiary alicyclic amines) is 1. The number of nitrogens with one attached hydrogen (secondary N) is 1. The van der Waals surface area contributed by atoms with Gasteiger partial charge in [0, 0.05) is 30.8 Å². The lowest BCUT2D eigenvalue weighted by molar-refractivity contribution is -0.114. The Morgan fingerprint density at radius 3 is 2.56 bits per heavy atom. The van der Waals surface area contributed by atoms with Gasteiger partial charge >= 0.3 is 0 Å². The van der Waals surface area contributed by atoms with E-state index in [2.05, 4.69) is 57.2 Å². The highest BCUT2D eigenvalue weighted by molar-refractivity contribution is 5.88. The molecule has 1 aliphatic rings. The maximum atomic E-state index is 11.4. The van der Waals surface area contributed by atoms with E-state index in [9.17, 15) is 4.79 Å². The van der Waals surface area contributed by atoms with Gasteiger partial charge in [0.2, 0.25) is 5.91 Å². The molecule has 0 spiro atoms. The van der Waals surface area contributed by atoms with Crippen molar-refractivity contribution >= 4 is 22.6 Å². The molecule has 3 aromatic carbocycles. The van der Waals surface area contributed by atoms with Gasteiger partial charge in [0.1, 0.15) is 11.6 Å². The van der Waals surface area contributed by atoms with Crippen LogP contribution in [0.5, 0.6) is 5.75 Å². The van der Waals surface area contributed by atoms with Crippen molar-refractivity contribution in [3.05, 3.63) is 78.4 Å². The number of piperidine rings is 1. The van der Waals surface area contributed by atoms with Crippen LogP contribution < -0.4 is 10.1 Å². The molecule has 1 amide bonds. The van der Waals surface area contributed by atoms with E-state index < -0.39 is 0 Å². The number of hydrogen-bond acceptors (Lipinski definition) is 4. The molecule has 1 saturated heterocycles. The molecule has 6 heteroatoms. The van der Waals surface area contributed by atoms with Crippen LogP contribution in [0.4, 0.5) is 5.69 Å². The zero-order valence-corrected chi connectivity index (χ0v) is 21.1. The van der Waals surface area contributed by atoms with Crippen molar-refractivity contribution in [1.82, 2.24) is 14.5 Å². The smallest absolute Gasteiger partial charge is 0.221 e. The highest BCUT2D eigenvalue weighted by atomic mass is 16.5. The van der Waals surface area contributed by atoms with Gasteiger partial charge in [-0.05, 0) is 74.6 Å². The number of benzene rings is 3. The molecule has 4 aromatic rings. The van der Waals surface area contributed by atoms with Crippen LogP contribution in [0.2, 0.25) is 0 Å². The number of anilines is 1. The molecule has 0 radical (unpaired) electrons. The molecule has 0 aliphatic carbocycles. The van der Waals surface area contributed by atoms with Gasteiger partial charge in [-0.2, -0.15) is 0 Å². The molecule has 0 bridgehead atoms. The van der Waals surface area contributed by atoms with Crippen LogP contribution in [0.15, 0.2) is 72.8 Å². The number of methoxy groups -OCH3 is 1. The number of amides is 1. The zero-order valence-electron chi connectivity index (χ0n) is 21.1. The highest BCUT2D eigenvalue weighted by Gasteiger charge is 2.21. The molecule has 5 rings (SSSR count). The fourth-order valence-electron chi connectivity index (χ4n) is 5.28. The van der Waals surface area contributed by atoms with E-state index in [-0.39, 0.29) is 5.91 Å². The molecule has 0 unspecified atom stereocenters. The third-order valence-corrected chi connectivity index (χ3v) is 7.11. The summed E-state index contributed by atoms with van der Waals surface area (Å²) in [6.45, 7) is 5.72. The quantitative estimate of drug-likeness (QED) is 0.338. The number of fused-ring (bicyclic) bond motifs is 1. The van der Waals surface area contributed by atoms with Crippen molar-refractivity contribution in [3.8, 4) is 17.1 Å². The second-order valence-corrected chi connectivity index (χ2v) is 9.58. The molecular formula is C30H34N4O2. The maximum Gasteiger partial charge on any atom is 0.221 e. The lowest BCUT2D eigenvalue weighted by atomic mass is 9.89. The summed E-state index contributed by atoms with van der Waals surface area (Å²) in [6, 6.07) is 24.9. The second-order valence-electron chi connectivity index (χ2n) is 9.58. The van der Waals surface area contributed by atoms with Crippen LogP contribution in [-0.2, 0) is 11.3 Å². The number of nitrogens with zero attached hydrogens (tertiary/aromatic N) is 3. The van der Waals surface area contributed by atoms with Crippen LogP contribution in [-0.4, -0.2) is 47.1 Å². The first-order valence-corrected chi connectivity index (χ1v) is 12.8. The molecule has 0 saturated carbocycles. The van der Waals surface area contributed by atoms with Gasteiger partial charge in [-0.1, -0.05) is 42.5 Å². The molecule has 1 fully saturated rings. The first kappa shape index (κ1) is 24.1. The minimum atomic E-state index is -0.0264. The second kappa shape index (κ2) is 11.0. The van der Waals surface area contributed by atoms with Gasteiger partial charge < -0.3 is 19.5 Å². The number of rotatable bonds is 8. The van der Waals surface area contributed by atoms with Crippen molar-refractivity contribution in [3.63, 3.8) is 0 Å². The van der Waals surface area contributed by atoms with Crippen LogP contribution >= 0.6 is 0 Å². The molecule has 1 N–H and O–H groups in total. The Morgan fingerprint density at radius 1 is 1.00 bits per heavy atom. The Morgan fingerprint density at radius 2 is 1.81 bits per heavy atom. The summed E-state index contributed by atoms with van der Waals surface area (Å²) in [6.07, 6.45) is 3.35. The van der Waals surface area contributed by atoms with Gasteiger partial charge in [-0.25, -0.2) is 4.98 Å². The van der Waals surface area contributed by atoms with Crippen molar-refractivity contribution in [2.75, 3.05) is 32.1 Å². The Labute approximate surface area is 212 Å². The summed E-state index contributed by atoms with van der Waals surface area (Å²) in [7, 11) is 1.71. The third-order valence-electron chi connectivity index (χ3n) is 7.11. The predicted molar refractivity (Wildman–Crippen MR) is 145 cm³/mol. The van der Waals surface area contributed by atoms with Gasteiger partial charge in [0.15, 0.2) is 0 Å². The summed E-state index contributed by atoms with van der Waals surface area (Å²) in [5.41, 5.74) is 5.46. The first-order chi connectivity index (χ1) is 17.6. The van der Waals surface area contributed by atoms with Gasteiger partial charge in [-0.3, -0.25) is 4.79 Å². The number of imidazole rings is 1. The van der Waals surface area contributed by atoms with Crippen LogP contribution in [0.25, 0.3) is 22.4 Å². The van der Waals surface area contributed by atoms with E-state index in [1.54, 1.807) is 14.0 Å². The monoisotopic (exact) mass is 482 g/mol. The zero-order chi connectivity index (χ0) is 24.9. The first-order valence-electron chi connectivity index (χ1n) is 12.8. The number of aromatic nitrogens is 2. The summed E-state index contributed by atoms with van der Waals surface area (Å²) < 4.78 is 7.84. The topological polar surface area (TPSA) is 59.4 Å². The summed E-state index contributed by atoms with van der Waals surface area (Å²) in [5, 5.41) is 2.91. The van der Waals surface area contributed by atoms with Gasteiger partial charge in [0.25, 0.3) is 0 Å². The molecule has 186 valence electrons. The predicted octanol–water partition coefficient (Wildman–Crippen LogP) is 5.94. The lowest BCUT2D eigenvalue weighted by Gasteiger charge is -2.32. The van der Waals surface area contributed by atoms with E-state index in [0.717, 1.165) is 79.3 Å². The standard InChI is InChI=1S/C30H34N4O2/c1-22(35)31-26-11-6-10-25(20-26)23-14-18-33(19-15-23)16-7-17-34-29-21-27(36-2)12-13-28(29)32-30(34)24-8-4-3-5-9-24/h3-6,8-13,20-21,23H,7,14-19H2,1-2H3,(H,31,35). The van der Waals surface area contributed by atoms with E-state index in [1.807, 2.05) is 30.3 Å². The number of hydrogen-bond donors (Lipinski definition) is 1. The Kier molecular flexibility index (Phi) is 7.33. The number of ether oxygens (including phenoxy) is 1. The van der Waals surface area contributed by atoms with Crippen molar-refractivity contribution in [2.24, 2.45) is 0 Å². The van der Waals surface area contributed by atoms with E-state index in [1.165, 1.54) is 5.56 Å². The molecule has 1 aliphatic heterocycles. The van der Waals surface area contributed by atoms with Crippen molar-refractivity contribution in [1.29, 1.82) is 0 Å². The molecule has 1 aromatic heterocycles. The Bertz CT molecular complexity index is 1320. The average Bonchev–Trinajstić information content (AvgIpc) is 3.27. The van der Waals surface area contributed by atoms with Crippen molar-refractivity contribution < 1.29 is 9.53 Å². The Balaban J connectivity index is 1.23. The highest BCUT2D eigenvalue weighted by Crippen LogP contribution is 2.31. The van der Waals surface area contributed by atoms with Crippen LogP contribution in [0.3, 0.4) is 0 Å². The van der Waals surface area contributed by atoms with E-state index in [0.29, 0.717) is 5.92 Å². The fraction of sp³-hybridized carbons (Fsp3) is 0.333. The summed E-state index contributed by atoms with van der Waals surface area (Å²) >= 11 is 0. The van der Waals surface area contributed by atoms with Gasteiger partial charge in [-0.15, -0.1) is 0 Å². The summed E-state index contributed by atoms with van der Waals surface area (Å²) in [4.78, 5) is 18.9. The average molecular weight is 483 g/mol. The fourth-order valence-corrected chi connectivity index (χ4v) is 5.28. The van der Waals surface area contributed by atoms with Crippen molar-refractivity contribution in [2.45, 2.75) is 38.6 Å². The lowest BCUT2D eigenvalue weighted by Crippen LogP contribution is -2.34. The van der Waals surface area contributed by atoms with Crippen LogP contribution in [0.1, 0.15) is 37.7 Å². The molecule has 6 nitrogen and oxygen atoms in total. The normalized spacial score (nSPS) is 14.7. The third kappa shape index (κ3) is 5.44. The number of carbonyl (C=O) groups excluding carboxylic acids is 1. The Hall–Kier alpha value is -3.64. The number of aryl methyl sites for hydroxylation is 1. The largest absolute Gasteiger partial charge is 0.497 e. The molecule has 2 heterocycles. The number of carbonyl (C=O) groups is 1. The van der Waals surface area contributed by atoms with E-state index >= 15 is 0 Å². The minimum Gasteiger partial charge on any atom is -0.497 e. The maximum absolute atomic E-state index is 11.4. The summed E-state index contributed by atoms with van der Waals surface area (Å²) in [5.74, 6) is 2.38. The molecular weight excluding hydrogens is 448 g/mol. The molecule has 36 heavy (non-hydrogen) atoms. The SMILES string of the molecule is COc1ccc2nc(-c3ccccc3)n(CCCN3CCC(c4cccc(NC(C)=O)c4)CC3)c2c1.